The Morgan fingerprint density at radius 2 is 2.12 bits per heavy atom. The predicted molar refractivity (Wildman–Crippen MR) is 65.0 cm³/mol. The summed E-state index contributed by atoms with van der Waals surface area (Å²) in [6, 6.07) is 1.31. The molecule has 0 saturated heterocycles. The minimum absolute atomic E-state index is 0.177. The molecule has 1 heterocycles. The maximum atomic E-state index is 11.8. The molecule has 1 aromatic heterocycles. The van der Waals surface area contributed by atoms with Crippen molar-refractivity contribution in [3.63, 3.8) is 0 Å². The highest BCUT2D eigenvalue weighted by molar-refractivity contribution is 5.95. The molecule has 0 aliphatic carbocycles. The van der Waals surface area contributed by atoms with Gasteiger partial charge in [0.05, 0.1) is 17.9 Å². The highest BCUT2D eigenvalue weighted by Crippen LogP contribution is 2.19. The fourth-order valence-corrected chi connectivity index (χ4v) is 1.20. The van der Waals surface area contributed by atoms with Crippen molar-refractivity contribution in [1.82, 2.24) is 4.98 Å². The van der Waals surface area contributed by atoms with Crippen LogP contribution < -0.4 is 11.1 Å². The molecule has 0 radical (unpaired) electrons. The number of rotatable bonds is 2. The van der Waals surface area contributed by atoms with E-state index in [1.807, 2.05) is 33.8 Å². The lowest BCUT2D eigenvalue weighted by Crippen LogP contribution is -2.45. The molecule has 16 heavy (non-hydrogen) atoms. The molecule has 0 fully saturated rings. The third-order valence-electron chi connectivity index (χ3n) is 2.51. The summed E-state index contributed by atoms with van der Waals surface area (Å²) in [5.41, 5.74) is 7.30. The fraction of sp³-hybridized carbons (Fsp3) is 0.500. The summed E-state index contributed by atoms with van der Waals surface area (Å²) in [5.74, 6) is -0.177. The number of pyridine rings is 1. The van der Waals surface area contributed by atoms with Crippen LogP contribution in [0.3, 0.4) is 0 Å². The van der Waals surface area contributed by atoms with Crippen LogP contribution in [0.2, 0.25) is 0 Å². The van der Waals surface area contributed by atoms with Gasteiger partial charge in [0.15, 0.2) is 0 Å². The molecule has 88 valence electrons. The molecule has 3 N–H and O–H groups in total. The first kappa shape index (κ1) is 12.6. The van der Waals surface area contributed by atoms with Gasteiger partial charge in [-0.2, -0.15) is 0 Å². The SMILES string of the molecule is Cc1ccncc1NC(=O)[C@@H](N)C(C)(C)C. The van der Waals surface area contributed by atoms with Crippen LogP contribution in [0.25, 0.3) is 0 Å². The molecule has 1 atom stereocenters. The lowest BCUT2D eigenvalue weighted by Gasteiger charge is -2.26. The summed E-state index contributed by atoms with van der Waals surface area (Å²) in [6.45, 7) is 7.73. The first-order valence-electron chi connectivity index (χ1n) is 5.29. The Bertz CT molecular complexity index is 382. The molecule has 1 aromatic rings. The monoisotopic (exact) mass is 221 g/mol. The number of aryl methyl sites for hydroxylation is 1. The maximum absolute atomic E-state index is 11.8. The van der Waals surface area contributed by atoms with Gasteiger partial charge in [-0.05, 0) is 24.0 Å². The van der Waals surface area contributed by atoms with Gasteiger partial charge in [0, 0.05) is 6.20 Å². The van der Waals surface area contributed by atoms with Crippen LogP contribution in [-0.4, -0.2) is 16.9 Å². The largest absolute Gasteiger partial charge is 0.323 e. The van der Waals surface area contributed by atoms with Crippen LogP contribution in [0.4, 0.5) is 5.69 Å². The van der Waals surface area contributed by atoms with Gasteiger partial charge < -0.3 is 11.1 Å². The Kier molecular flexibility index (Phi) is 3.65. The highest BCUT2D eigenvalue weighted by atomic mass is 16.2. The van der Waals surface area contributed by atoms with E-state index in [1.165, 1.54) is 0 Å². The number of amides is 1. The second-order valence-corrected chi connectivity index (χ2v) is 5.02. The van der Waals surface area contributed by atoms with Crippen molar-refractivity contribution in [3.8, 4) is 0 Å². The van der Waals surface area contributed by atoms with Crippen molar-refractivity contribution in [2.24, 2.45) is 11.1 Å². The summed E-state index contributed by atoms with van der Waals surface area (Å²) < 4.78 is 0. The predicted octanol–water partition coefficient (Wildman–Crippen LogP) is 1.70. The van der Waals surface area contributed by atoms with E-state index in [0.717, 1.165) is 5.56 Å². The second-order valence-electron chi connectivity index (χ2n) is 5.02. The normalized spacial score (nSPS) is 13.3. The Hall–Kier alpha value is -1.42. The van der Waals surface area contributed by atoms with Crippen molar-refractivity contribution in [2.45, 2.75) is 33.7 Å². The Morgan fingerprint density at radius 3 is 2.62 bits per heavy atom. The number of nitrogens with two attached hydrogens (primary N) is 1. The Labute approximate surface area is 96.3 Å². The molecule has 0 aromatic carbocycles. The van der Waals surface area contributed by atoms with Crippen LogP contribution >= 0.6 is 0 Å². The van der Waals surface area contributed by atoms with Gasteiger partial charge in [-0.15, -0.1) is 0 Å². The van der Waals surface area contributed by atoms with Gasteiger partial charge >= 0.3 is 0 Å². The highest BCUT2D eigenvalue weighted by Gasteiger charge is 2.27. The topological polar surface area (TPSA) is 68.0 Å². The lowest BCUT2D eigenvalue weighted by atomic mass is 9.87. The van der Waals surface area contributed by atoms with Crippen molar-refractivity contribution in [1.29, 1.82) is 0 Å². The van der Waals surface area contributed by atoms with Gasteiger partial charge in [-0.25, -0.2) is 0 Å². The maximum Gasteiger partial charge on any atom is 0.241 e. The van der Waals surface area contributed by atoms with Crippen LogP contribution in [0.5, 0.6) is 0 Å². The summed E-state index contributed by atoms with van der Waals surface area (Å²) in [7, 11) is 0. The number of hydrogen-bond donors (Lipinski definition) is 2. The Balaban J connectivity index is 2.76. The number of nitrogens with one attached hydrogen (secondary N) is 1. The third kappa shape index (κ3) is 3.03. The number of hydrogen-bond acceptors (Lipinski definition) is 3. The van der Waals surface area contributed by atoms with Crippen LogP contribution in [0.1, 0.15) is 26.3 Å². The van der Waals surface area contributed by atoms with Crippen LogP contribution in [0, 0.1) is 12.3 Å². The minimum atomic E-state index is -0.535. The van der Waals surface area contributed by atoms with E-state index in [-0.39, 0.29) is 11.3 Å². The minimum Gasteiger partial charge on any atom is -0.323 e. The number of carbonyl (C=O) groups excluding carboxylic acids is 1. The molecule has 1 amide bonds. The zero-order valence-electron chi connectivity index (χ0n) is 10.2. The summed E-state index contributed by atoms with van der Waals surface area (Å²) in [6.07, 6.45) is 3.32. The first-order valence-corrected chi connectivity index (χ1v) is 5.29. The number of aromatic nitrogens is 1. The number of anilines is 1. The van der Waals surface area contributed by atoms with E-state index in [4.69, 9.17) is 5.73 Å². The molecule has 0 unspecified atom stereocenters. The third-order valence-corrected chi connectivity index (χ3v) is 2.51. The van der Waals surface area contributed by atoms with Crippen molar-refractivity contribution in [2.75, 3.05) is 5.32 Å². The Morgan fingerprint density at radius 1 is 1.50 bits per heavy atom. The molecule has 0 saturated carbocycles. The van der Waals surface area contributed by atoms with Crippen molar-refractivity contribution < 1.29 is 4.79 Å². The van der Waals surface area contributed by atoms with Gasteiger partial charge in [-0.3, -0.25) is 9.78 Å². The summed E-state index contributed by atoms with van der Waals surface area (Å²) >= 11 is 0. The van der Waals surface area contributed by atoms with Crippen LogP contribution in [0.15, 0.2) is 18.5 Å². The first-order chi connectivity index (χ1) is 7.32. The van der Waals surface area contributed by atoms with Crippen LogP contribution in [-0.2, 0) is 4.79 Å². The molecule has 0 spiro atoms. The number of nitrogens with zero attached hydrogens (tertiary/aromatic N) is 1. The van der Waals surface area contributed by atoms with Gasteiger partial charge in [0.25, 0.3) is 0 Å². The fourth-order valence-electron chi connectivity index (χ4n) is 1.20. The standard InChI is InChI=1S/C12H19N3O/c1-8-5-6-14-7-9(8)15-11(16)10(13)12(2,3)4/h5-7,10H,13H2,1-4H3,(H,15,16)/t10-/m1/s1. The van der Waals surface area contributed by atoms with Crippen molar-refractivity contribution in [3.05, 3.63) is 24.0 Å². The van der Waals surface area contributed by atoms with E-state index in [9.17, 15) is 4.79 Å². The molecule has 4 heteroatoms. The zero-order chi connectivity index (χ0) is 12.3. The molecule has 4 nitrogen and oxygen atoms in total. The number of carbonyl (C=O) groups is 1. The second kappa shape index (κ2) is 4.61. The average Bonchev–Trinajstić information content (AvgIpc) is 2.19. The van der Waals surface area contributed by atoms with E-state index >= 15 is 0 Å². The average molecular weight is 221 g/mol. The quantitative estimate of drug-likeness (QED) is 0.798. The van der Waals surface area contributed by atoms with Gasteiger partial charge in [0.2, 0.25) is 5.91 Å². The molecule has 0 aliphatic heterocycles. The van der Waals surface area contributed by atoms with E-state index in [2.05, 4.69) is 10.3 Å². The summed E-state index contributed by atoms with van der Waals surface area (Å²) in [5, 5.41) is 2.79. The van der Waals surface area contributed by atoms with E-state index < -0.39 is 6.04 Å². The molecule has 0 aliphatic rings. The molecular formula is C12H19N3O. The molecule has 0 bridgehead atoms. The molecule has 1 rings (SSSR count). The van der Waals surface area contributed by atoms with Gasteiger partial charge in [-0.1, -0.05) is 20.8 Å². The summed E-state index contributed by atoms with van der Waals surface area (Å²) in [4.78, 5) is 15.8. The molecular weight excluding hydrogens is 202 g/mol. The van der Waals surface area contributed by atoms with E-state index in [1.54, 1.807) is 12.4 Å². The van der Waals surface area contributed by atoms with Gasteiger partial charge in [0.1, 0.15) is 0 Å². The smallest absolute Gasteiger partial charge is 0.241 e. The van der Waals surface area contributed by atoms with E-state index in [0.29, 0.717) is 5.69 Å². The zero-order valence-corrected chi connectivity index (χ0v) is 10.2. The van der Waals surface area contributed by atoms with Crippen molar-refractivity contribution >= 4 is 11.6 Å². The lowest BCUT2D eigenvalue weighted by molar-refractivity contribution is -0.119.